The fourth-order valence-corrected chi connectivity index (χ4v) is 4.39. The van der Waals surface area contributed by atoms with Crippen molar-refractivity contribution < 1.29 is 23.5 Å². The SMILES string of the molecule is O=C(COc1ccc(Cl)cc1)N(CCCN1CCOCC1)CC(=O)N(Cc1ccccc1)Cc1ccco1. The molecule has 0 bridgehead atoms. The van der Waals surface area contributed by atoms with E-state index >= 15 is 0 Å². The molecule has 1 aliphatic heterocycles. The van der Waals surface area contributed by atoms with Crippen molar-refractivity contribution in [1.29, 1.82) is 0 Å². The number of nitrogens with zero attached hydrogens (tertiary/aromatic N) is 3. The summed E-state index contributed by atoms with van der Waals surface area (Å²) < 4.78 is 16.6. The Morgan fingerprint density at radius 1 is 0.895 bits per heavy atom. The van der Waals surface area contributed by atoms with Crippen molar-refractivity contribution in [2.75, 3.05) is 52.5 Å². The van der Waals surface area contributed by atoms with Gasteiger partial charge in [-0.15, -0.1) is 0 Å². The van der Waals surface area contributed by atoms with Gasteiger partial charge in [0.15, 0.2) is 6.61 Å². The maximum Gasteiger partial charge on any atom is 0.260 e. The third-order valence-corrected chi connectivity index (χ3v) is 6.61. The summed E-state index contributed by atoms with van der Waals surface area (Å²) in [5, 5.41) is 0.592. The summed E-state index contributed by atoms with van der Waals surface area (Å²) in [5.74, 6) is 0.834. The second-order valence-corrected chi connectivity index (χ2v) is 9.62. The number of hydrogen-bond acceptors (Lipinski definition) is 6. The zero-order valence-electron chi connectivity index (χ0n) is 21.5. The quantitative estimate of drug-likeness (QED) is 0.326. The van der Waals surface area contributed by atoms with Gasteiger partial charge in [-0.05, 0) is 48.4 Å². The summed E-state index contributed by atoms with van der Waals surface area (Å²) >= 11 is 5.95. The van der Waals surface area contributed by atoms with Crippen LogP contribution in [0, 0.1) is 0 Å². The molecule has 0 unspecified atom stereocenters. The summed E-state index contributed by atoms with van der Waals surface area (Å²) in [6.45, 7) is 5.00. The van der Waals surface area contributed by atoms with Crippen LogP contribution in [0.4, 0.5) is 0 Å². The first-order chi connectivity index (χ1) is 18.6. The minimum absolute atomic E-state index is 0.0422. The molecule has 3 aromatic rings. The highest BCUT2D eigenvalue weighted by atomic mass is 35.5. The number of carbonyl (C=O) groups is 2. The van der Waals surface area contributed by atoms with Crippen LogP contribution in [-0.2, 0) is 27.4 Å². The summed E-state index contributed by atoms with van der Waals surface area (Å²) in [7, 11) is 0. The van der Waals surface area contributed by atoms with E-state index in [1.165, 1.54) is 0 Å². The number of hydrogen-bond donors (Lipinski definition) is 0. The summed E-state index contributed by atoms with van der Waals surface area (Å²) in [6.07, 6.45) is 2.34. The van der Waals surface area contributed by atoms with Gasteiger partial charge in [0.1, 0.15) is 11.5 Å². The molecule has 1 saturated heterocycles. The van der Waals surface area contributed by atoms with E-state index in [1.54, 1.807) is 46.4 Å². The predicted octanol–water partition coefficient (Wildman–Crippen LogP) is 4.09. The molecule has 0 atom stereocenters. The molecule has 1 aromatic heterocycles. The van der Waals surface area contributed by atoms with E-state index in [0.29, 0.717) is 36.2 Å². The number of ether oxygens (including phenoxy) is 2. The van der Waals surface area contributed by atoms with Crippen LogP contribution >= 0.6 is 11.6 Å². The molecule has 1 fully saturated rings. The van der Waals surface area contributed by atoms with Crippen LogP contribution in [0.3, 0.4) is 0 Å². The first-order valence-corrected chi connectivity index (χ1v) is 13.2. The van der Waals surface area contributed by atoms with Crippen molar-refractivity contribution in [2.24, 2.45) is 0 Å². The van der Waals surface area contributed by atoms with E-state index in [-0.39, 0.29) is 25.0 Å². The molecule has 202 valence electrons. The molecule has 0 N–H and O–H groups in total. The Balaban J connectivity index is 1.42. The molecule has 2 heterocycles. The largest absolute Gasteiger partial charge is 0.484 e. The van der Waals surface area contributed by atoms with E-state index in [4.69, 9.17) is 25.5 Å². The van der Waals surface area contributed by atoms with Crippen LogP contribution in [0.2, 0.25) is 5.02 Å². The molecule has 2 aromatic carbocycles. The smallest absolute Gasteiger partial charge is 0.260 e. The highest BCUT2D eigenvalue weighted by Gasteiger charge is 2.23. The molecule has 2 amide bonds. The second kappa shape index (κ2) is 14.6. The molecule has 1 aliphatic rings. The van der Waals surface area contributed by atoms with E-state index in [9.17, 15) is 9.59 Å². The van der Waals surface area contributed by atoms with Gasteiger partial charge in [-0.25, -0.2) is 0 Å². The van der Waals surface area contributed by atoms with Crippen LogP contribution in [0.5, 0.6) is 5.75 Å². The third-order valence-electron chi connectivity index (χ3n) is 6.36. The Hall–Kier alpha value is -3.33. The van der Waals surface area contributed by atoms with Crippen LogP contribution in [-0.4, -0.2) is 79.1 Å². The lowest BCUT2D eigenvalue weighted by atomic mass is 10.2. The van der Waals surface area contributed by atoms with Crippen LogP contribution in [0.1, 0.15) is 17.7 Å². The number of halogens is 1. The maximum atomic E-state index is 13.6. The molecule has 8 nitrogen and oxygen atoms in total. The fraction of sp³-hybridized carbons (Fsp3) is 0.379. The Morgan fingerprint density at radius 3 is 2.37 bits per heavy atom. The van der Waals surface area contributed by atoms with E-state index < -0.39 is 0 Å². The molecule has 0 aliphatic carbocycles. The van der Waals surface area contributed by atoms with Crippen molar-refractivity contribution in [3.8, 4) is 5.75 Å². The lowest BCUT2D eigenvalue weighted by Crippen LogP contribution is -2.45. The molecular formula is C29H34ClN3O5. The highest BCUT2D eigenvalue weighted by Crippen LogP contribution is 2.16. The summed E-state index contributed by atoms with van der Waals surface area (Å²) in [5.41, 5.74) is 1.00. The van der Waals surface area contributed by atoms with Gasteiger partial charge < -0.3 is 23.7 Å². The van der Waals surface area contributed by atoms with Crippen LogP contribution in [0.25, 0.3) is 0 Å². The number of benzene rings is 2. The normalized spacial score (nSPS) is 13.7. The van der Waals surface area contributed by atoms with Crippen LogP contribution in [0.15, 0.2) is 77.4 Å². The van der Waals surface area contributed by atoms with Gasteiger partial charge in [-0.2, -0.15) is 0 Å². The molecule has 9 heteroatoms. The second-order valence-electron chi connectivity index (χ2n) is 9.18. The molecule has 0 spiro atoms. The Morgan fingerprint density at radius 2 is 1.66 bits per heavy atom. The maximum absolute atomic E-state index is 13.6. The average molecular weight is 540 g/mol. The van der Waals surface area contributed by atoms with Gasteiger partial charge in [0.05, 0.1) is 32.6 Å². The zero-order chi connectivity index (χ0) is 26.6. The lowest BCUT2D eigenvalue weighted by Gasteiger charge is -2.29. The Kier molecular flexibility index (Phi) is 10.6. The average Bonchev–Trinajstić information content (AvgIpc) is 3.46. The summed E-state index contributed by atoms with van der Waals surface area (Å²) in [4.78, 5) is 32.5. The van der Waals surface area contributed by atoms with E-state index in [2.05, 4.69) is 4.90 Å². The van der Waals surface area contributed by atoms with E-state index in [1.807, 2.05) is 36.4 Å². The zero-order valence-corrected chi connectivity index (χ0v) is 22.2. The van der Waals surface area contributed by atoms with Gasteiger partial charge in [0.25, 0.3) is 5.91 Å². The number of morpholine rings is 1. The Bertz CT molecular complexity index is 1120. The van der Waals surface area contributed by atoms with Gasteiger partial charge in [-0.3, -0.25) is 14.5 Å². The monoisotopic (exact) mass is 539 g/mol. The minimum atomic E-state index is -0.243. The van der Waals surface area contributed by atoms with Gasteiger partial charge in [-0.1, -0.05) is 41.9 Å². The summed E-state index contributed by atoms with van der Waals surface area (Å²) in [6, 6.07) is 20.3. The molecule has 0 saturated carbocycles. The van der Waals surface area contributed by atoms with Crippen molar-refractivity contribution >= 4 is 23.4 Å². The number of furan rings is 1. The standard InChI is InChI=1S/C29H34ClN3O5/c30-25-9-11-26(12-10-25)38-23-29(35)32(14-5-13-31-15-18-36-19-16-31)22-28(34)33(21-27-8-4-17-37-27)20-24-6-2-1-3-7-24/h1-4,6-12,17H,5,13-16,18-23H2. The molecular weight excluding hydrogens is 506 g/mol. The van der Waals surface area contributed by atoms with E-state index in [0.717, 1.165) is 44.8 Å². The predicted molar refractivity (Wildman–Crippen MR) is 145 cm³/mol. The number of rotatable bonds is 13. The van der Waals surface area contributed by atoms with Crippen LogP contribution < -0.4 is 4.74 Å². The number of amides is 2. The van der Waals surface area contributed by atoms with Crippen molar-refractivity contribution in [3.63, 3.8) is 0 Å². The molecule has 38 heavy (non-hydrogen) atoms. The van der Waals surface area contributed by atoms with Crippen molar-refractivity contribution in [3.05, 3.63) is 89.3 Å². The van der Waals surface area contributed by atoms with Gasteiger partial charge in [0, 0.05) is 37.7 Å². The first kappa shape index (κ1) is 27.7. The number of carbonyl (C=O) groups excluding carboxylic acids is 2. The Labute approximate surface area is 228 Å². The molecule has 4 rings (SSSR count). The highest BCUT2D eigenvalue weighted by molar-refractivity contribution is 6.30. The van der Waals surface area contributed by atoms with Gasteiger partial charge >= 0.3 is 0 Å². The van der Waals surface area contributed by atoms with Crippen molar-refractivity contribution in [1.82, 2.24) is 14.7 Å². The van der Waals surface area contributed by atoms with Gasteiger partial charge in [0.2, 0.25) is 5.91 Å². The minimum Gasteiger partial charge on any atom is -0.484 e. The lowest BCUT2D eigenvalue weighted by molar-refractivity contribution is -0.142. The van der Waals surface area contributed by atoms with Crippen molar-refractivity contribution in [2.45, 2.75) is 19.5 Å². The first-order valence-electron chi connectivity index (χ1n) is 12.9. The topological polar surface area (TPSA) is 75.5 Å². The molecule has 0 radical (unpaired) electrons. The fourth-order valence-electron chi connectivity index (χ4n) is 4.26. The third kappa shape index (κ3) is 8.90.